The molecule has 0 saturated heterocycles. The minimum atomic E-state index is -0.399. The van der Waals surface area contributed by atoms with Gasteiger partial charge in [0, 0.05) is 12.4 Å². The fourth-order valence-corrected chi connectivity index (χ4v) is 1.44. The second-order valence-corrected chi connectivity index (χ2v) is 3.89. The van der Waals surface area contributed by atoms with Crippen molar-refractivity contribution in [1.82, 2.24) is 20.5 Å². The van der Waals surface area contributed by atoms with Crippen LogP contribution < -0.4 is 10.6 Å². The van der Waals surface area contributed by atoms with E-state index in [0.717, 1.165) is 0 Å². The third-order valence-corrected chi connectivity index (χ3v) is 2.30. The first-order chi connectivity index (χ1) is 8.65. The van der Waals surface area contributed by atoms with E-state index in [1.165, 1.54) is 24.7 Å². The zero-order valence-electron chi connectivity index (χ0n) is 9.16. The van der Waals surface area contributed by atoms with Crippen molar-refractivity contribution in [2.24, 2.45) is 0 Å². The predicted octanol–water partition coefficient (Wildman–Crippen LogP) is 0.760. The van der Waals surface area contributed by atoms with Crippen LogP contribution >= 0.6 is 11.6 Å². The molecule has 0 aromatic carbocycles. The molecule has 18 heavy (non-hydrogen) atoms. The van der Waals surface area contributed by atoms with Crippen LogP contribution in [-0.2, 0) is 4.79 Å². The van der Waals surface area contributed by atoms with Crippen molar-refractivity contribution in [2.45, 2.75) is 0 Å². The average Bonchev–Trinajstić information content (AvgIpc) is 2.97. The van der Waals surface area contributed by atoms with E-state index in [1.54, 1.807) is 0 Å². The monoisotopic (exact) mass is 267 g/mol. The molecule has 0 bridgehead atoms. The summed E-state index contributed by atoms with van der Waals surface area (Å²) in [5.41, 5.74) is 0.841. The third kappa shape index (κ3) is 3.11. The molecule has 0 fully saturated rings. The number of halogens is 1. The van der Waals surface area contributed by atoms with Crippen LogP contribution in [0.2, 0.25) is 5.02 Å². The van der Waals surface area contributed by atoms with Gasteiger partial charge in [0.2, 0.25) is 5.91 Å². The summed E-state index contributed by atoms with van der Waals surface area (Å²) in [6.45, 7) is -0.138. The van der Waals surface area contributed by atoms with E-state index < -0.39 is 5.91 Å². The molecule has 2 aromatic heterocycles. The number of aromatic nitrogens is 3. The lowest BCUT2D eigenvalue weighted by Gasteiger charge is -2.03. The van der Waals surface area contributed by atoms with Gasteiger partial charge in [-0.25, -0.2) is 0 Å². The molecule has 0 aliphatic heterocycles. The van der Waals surface area contributed by atoms with Gasteiger partial charge in [-0.3, -0.25) is 14.7 Å². The van der Waals surface area contributed by atoms with E-state index >= 15 is 0 Å². The summed E-state index contributed by atoms with van der Waals surface area (Å²) in [4.78, 5) is 25.7. The highest BCUT2D eigenvalue weighted by molar-refractivity contribution is 6.31. The van der Waals surface area contributed by atoms with Crippen LogP contribution in [0.3, 0.4) is 0 Å². The number of amides is 2. The van der Waals surface area contributed by atoms with Gasteiger partial charge in [-0.05, 0) is 6.07 Å². The van der Waals surface area contributed by atoms with Crippen LogP contribution in [-0.4, -0.2) is 33.5 Å². The third-order valence-electron chi connectivity index (χ3n) is 2.08. The molecular formula is C10H10ClN5O2. The van der Waals surface area contributed by atoms with E-state index in [4.69, 9.17) is 11.6 Å². The van der Waals surface area contributed by atoms with Crippen molar-refractivity contribution in [3.05, 3.63) is 35.4 Å². The van der Waals surface area contributed by atoms with E-state index in [2.05, 4.69) is 25.8 Å². The first kappa shape index (κ1) is 12.2. The standard InChI is InChI=1S/C10H10ClN5O2/c11-6-1-8(12-2-6)10(18)13-5-9(17)16-7-3-14-15-4-7/h1-4,12H,5H2,(H,13,18)(H,14,15)(H,16,17). The molecule has 2 heterocycles. The molecule has 0 spiro atoms. The molecule has 0 aliphatic rings. The summed E-state index contributed by atoms with van der Waals surface area (Å²) >= 11 is 5.66. The maximum absolute atomic E-state index is 11.6. The van der Waals surface area contributed by atoms with Crippen molar-refractivity contribution in [1.29, 1.82) is 0 Å². The van der Waals surface area contributed by atoms with Crippen LogP contribution in [0, 0.1) is 0 Å². The Labute approximate surface area is 107 Å². The maximum atomic E-state index is 11.6. The Morgan fingerprint density at radius 2 is 2.22 bits per heavy atom. The number of nitrogens with zero attached hydrogens (tertiary/aromatic N) is 1. The van der Waals surface area contributed by atoms with Gasteiger partial charge in [0.1, 0.15) is 5.69 Å². The number of nitrogens with one attached hydrogen (secondary N) is 4. The summed E-state index contributed by atoms with van der Waals surface area (Å²) < 4.78 is 0. The largest absolute Gasteiger partial charge is 0.356 e. The number of hydrogen-bond acceptors (Lipinski definition) is 3. The molecule has 2 rings (SSSR count). The molecule has 7 nitrogen and oxygen atoms in total. The second kappa shape index (κ2) is 5.37. The lowest BCUT2D eigenvalue weighted by molar-refractivity contribution is -0.115. The Morgan fingerprint density at radius 3 is 2.83 bits per heavy atom. The maximum Gasteiger partial charge on any atom is 0.268 e. The SMILES string of the molecule is O=C(CNC(=O)c1cc(Cl)c[nH]1)Nc1cn[nH]c1. The van der Waals surface area contributed by atoms with E-state index in [0.29, 0.717) is 16.4 Å². The van der Waals surface area contributed by atoms with Crippen LogP contribution in [0.15, 0.2) is 24.7 Å². The summed E-state index contributed by atoms with van der Waals surface area (Å²) in [5.74, 6) is -0.744. The molecule has 94 valence electrons. The van der Waals surface area contributed by atoms with Crippen molar-refractivity contribution >= 4 is 29.1 Å². The molecule has 0 unspecified atom stereocenters. The van der Waals surface area contributed by atoms with Crippen molar-refractivity contribution < 1.29 is 9.59 Å². The van der Waals surface area contributed by atoms with E-state index in [-0.39, 0.29) is 12.5 Å². The van der Waals surface area contributed by atoms with Gasteiger partial charge in [0.15, 0.2) is 0 Å². The average molecular weight is 268 g/mol. The van der Waals surface area contributed by atoms with Gasteiger partial charge in [-0.2, -0.15) is 5.10 Å². The highest BCUT2D eigenvalue weighted by atomic mass is 35.5. The normalized spacial score (nSPS) is 10.1. The number of hydrogen-bond donors (Lipinski definition) is 4. The van der Waals surface area contributed by atoms with Gasteiger partial charge in [0.05, 0.1) is 23.5 Å². The summed E-state index contributed by atoms with van der Waals surface area (Å²) in [7, 11) is 0. The molecule has 4 N–H and O–H groups in total. The Balaban J connectivity index is 1.81. The molecule has 0 atom stereocenters. The predicted molar refractivity (Wildman–Crippen MR) is 65.4 cm³/mol. The molecule has 2 aromatic rings. The fourth-order valence-electron chi connectivity index (χ4n) is 1.28. The molecule has 2 amide bonds. The van der Waals surface area contributed by atoms with E-state index in [1.807, 2.05) is 0 Å². The second-order valence-electron chi connectivity index (χ2n) is 3.45. The molecule has 0 saturated carbocycles. The Morgan fingerprint density at radius 1 is 1.39 bits per heavy atom. The Bertz CT molecular complexity index is 548. The summed E-state index contributed by atoms with van der Waals surface area (Å²) in [5, 5.41) is 11.7. The first-order valence-corrected chi connectivity index (χ1v) is 5.43. The van der Waals surface area contributed by atoms with Crippen molar-refractivity contribution in [3.63, 3.8) is 0 Å². The number of anilines is 1. The Kier molecular flexibility index (Phi) is 3.63. The molecular weight excluding hydrogens is 258 g/mol. The lowest BCUT2D eigenvalue weighted by atomic mass is 10.4. The van der Waals surface area contributed by atoms with Gasteiger partial charge in [-0.15, -0.1) is 0 Å². The fraction of sp³-hybridized carbons (Fsp3) is 0.100. The number of aromatic amines is 2. The van der Waals surface area contributed by atoms with Gasteiger partial charge < -0.3 is 15.6 Å². The quantitative estimate of drug-likeness (QED) is 0.657. The van der Waals surface area contributed by atoms with E-state index in [9.17, 15) is 9.59 Å². The zero-order valence-corrected chi connectivity index (χ0v) is 9.91. The highest BCUT2D eigenvalue weighted by Gasteiger charge is 2.10. The topological polar surface area (TPSA) is 103 Å². The zero-order chi connectivity index (χ0) is 13.0. The molecule has 0 aliphatic carbocycles. The smallest absolute Gasteiger partial charge is 0.268 e. The van der Waals surface area contributed by atoms with Gasteiger partial charge >= 0.3 is 0 Å². The van der Waals surface area contributed by atoms with Crippen molar-refractivity contribution in [3.8, 4) is 0 Å². The number of carbonyl (C=O) groups excluding carboxylic acids is 2. The van der Waals surface area contributed by atoms with Crippen LogP contribution in [0.25, 0.3) is 0 Å². The number of H-pyrrole nitrogens is 2. The number of rotatable bonds is 4. The first-order valence-electron chi connectivity index (χ1n) is 5.06. The summed E-state index contributed by atoms with van der Waals surface area (Å²) in [6.07, 6.45) is 4.48. The van der Waals surface area contributed by atoms with Gasteiger partial charge in [0.25, 0.3) is 5.91 Å². The van der Waals surface area contributed by atoms with Gasteiger partial charge in [-0.1, -0.05) is 11.6 Å². The lowest BCUT2D eigenvalue weighted by Crippen LogP contribution is -2.32. The van der Waals surface area contributed by atoms with Crippen LogP contribution in [0.4, 0.5) is 5.69 Å². The number of carbonyl (C=O) groups is 2. The van der Waals surface area contributed by atoms with Crippen LogP contribution in [0.5, 0.6) is 0 Å². The molecule has 8 heteroatoms. The van der Waals surface area contributed by atoms with Crippen LogP contribution in [0.1, 0.15) is 10.5 Å². The minimum absolute atomic E-state index is 0.138. The highest BCUT2D eigenvalue weighted by Crippen LogP contribution is 2.08. The van der Waals surface area contributed by atoms with Crippen molar-refractivity contribution in [2.75, 3.05) is 11.9 Å². The summed E-state index contributed by atoms with van der Waals surface area (Å²) in [6, 6.07) is 1.48. The molecule has 0 radical (unpaired) electrons. The Hall–Kier alpha value is -2.28. The minimum Gasteiger partial charge on any atom is -0.356 e.